The molecule has 0 amide bonds. The summed E-state index contributed by atoms with van der Waals surface area (Å²) in [4.78, 5) is 1.44. The van der Waals surface area contributed by atoms with Gasteiger partial charge in [0.25, 0.3) is 0 Å². The summed E-state index contributed by atoms with van der Waals surface area (Å²) >= 11 is 0. The molecule has 90 valence electrons. The molecule has 1 heterocycles. The molecule has 1 atom stereocenters. The van der Waals surface area contributed by atoms with Crippen LogP contribution in [0.4, 0.5) is 0 Å². The normalized spacial score (nSPS) is 29.2. The van der Waals surface area contributed by atoms with E-state index in [1.807, 2.05) is 0 Å². The first-order chi connectivity index (χ1) is 7.39. The SMILES string of the molecule is Cn1nnc(CC2(O)CCCC(C)(C)C2)n1. The number of aromatic nitrogens is 4. The molecule has 1 N–H and O–H groups in total. The van der Waals surface area contributed by atoms with E-state index in [-0.39, 0.29) is 5.41 Å². The lowest BCUT2D eigenvalue weighted by Crippen LogP contribution is -2.41. The van der Waals surface area contributed by atoms with Crippen LogP contribution in [0.3, 0.4) is 0 Å². The third kappa shape index (κ3) is 2.58. The zero-order valence-electron chi connectivity index (χ0n) is 10.3. The van der Waals surface area contributed by atoms with Gasteiger partial charge in [0, 0.05) is 6.42 Å². The smallest absolute Gasteiger partial charge is 0.177 e. The van der Waals surface area contributed by atoms with Gasteiger partial charge >= 0.3 is 0 Å². The van der Waals surface area contributed by atoms with Gasteiger partial charge in [-0.25, -0.2) is 0 Å². The van der Waals surface area contributed by atoms with Gasteiger partial charge in [0.2, 0.25) is 0 Å². The molecule has 1 unspecified atom stereocenters. The number of hydrogen-bond acceptors (Lipinski definition) is 4. The Labute approximate surface area is 95.9 Å². The van der Waals surface area contributed by atoms with Gasteiger partial charge in [-0.2, -0.15) is 4.80 Å². The van der Waals surface area contributed by atoms with Crippen molar-refractivity contribution in [3.05, 3.63) is 5.82 Å². The van der Waals surface area contributed by atoms with Crippen LogP contribution in [0.5, 0.6) is 0 Å². The highest BCUT2D eigenvalue weighted by molar-refractivity contribution is 4.97. The van der Waals surface area contributed by atoms with E-state index in [4.69, 9.17) is 0 Å². The van der Waals surface area contributed by atoms with Gasteiger partial charge in [-0.05, 0) is 29.9 Å². The van der Waals surface area contributed by atoms with E-state index in [1.54, 1.807) is 7.05 Å². The summed E-state index contributed by atoms with van der Waals surface area (Å²) in [7, 11) is 1.74. The van der Waals surface area contributed by atoms with Gasteiger partial charge in [0.1, 0.15) is 0 Å². The molecule has 1 aliphatic rings. The second kappa shape index (κ2) is 3.80. The Morgan fingerprint density at radius 2 is 2.12 bits per heavy atom. The second-order valence-corrected chi connectivity index (χ2v) is 5.79. The first-order valence-electron chi connectivity index (χ1n) is 5.84. The summed E-state index contributed by atoms with van der Waals surface area (Å²) in [6, 6.07) is 0. The Morgan fingerprint density at radius 3 is 2.69 bits per heavy atom. The van der Waals surface area contributed by atoms with Crippen LogP contribution in [0.2, 0.25) is 0 Å². The van der Waals surface area contributed by atoms with Gasteiger partial charge in [0.15, 0.2) is 5.82 Å². The highest BCUT2D eigenvalue weighted by Gasteiger charge is 2.39. The maximum atomic E-state index is 10.6. The summed E-state index contributed by atoms with van der Waals surface area (Å²) in [5.41, 5.74) is -0.431. The minimum Gasteiger partial charge on any atom is -0.389 e. The average molecular weight is 224 g/mol. The van der Waals surface area contributed by atoms with E-state index in [0.29, 0.717) is 12.2 Å². The first kappa shape index (κ1) is 11.5. The summed E-state index contributed by atoms with van der Waals surface area (Å²) in [6.07, 6.45) is 4.43. The molecule has 1 aromatic heterocycles. The highest BCUT2D eigenvalue weighted by Crippen LogP contribution is 2.41. The van der Waals surface area contributed by atoms with Crippen molar-refractivity contribution in [2.75, 3.05) is 0 Å². The van der Waals surface area contributed by atoms with E-state index in [1.165, 1.54) is 11.2 Å². The van der Waals surface area contributed by atoms with Crippen molar-refractivity contribution >= 4 is 0 Å². The van der Waals surface area contributed by atoms with E-state index in [2.05, 4.69) is 29.3 Å². The highest BCUT2D eigenvalue weighted by atomic mass is 16.3. The van der Waals surface area contributed by atoms with Gasteiger partial charge < -0.3 is 5.11 Å². The zero-order valence-corrected chi connectivity index (χ0v) is 10.3. The monoisotopic (exact) mass is 224 g/mol. The number of tetrazole rings is 1. The van der Waals surface area contributed by atoms with Crippen molar-refractivity contribution in [3.8, 4) is 0 Å². The van der Waals surface area contributed by atoms with Crippen molar-refractivity contribution < 1.29 is 5.11 Å². The van der Waals surface area contributed by atoms with Gasteiger partial charge in [0.05, 0.1) is 12.6 Å². The second-order valence-electron chi connectivity index (χ2n) is 5.79. The number of rotatable bonds is 2. The van der Waals surface area contributed by atoms with Crippen LogP contribution in [0, 0.1) is 5.41 Å². The predicted octanol–water partition coefficient (Wildman–Crippen LogP) is 1.08. The Hall–Kier alpha value is -0.970. The fourth-order valence-electron chi connectivity index (χ4n) is 2.80. The maximum absolute atomic E-state index is 10.6. The summed E-state index contributed by atoms with van der Waals surface area (Å²) in [5, 5.41) is 22.4. The maximum Gasteiger partial charge on any atom is 0.177 e. The molecule has 5 nitrogen and oxygen atoms in total. The molecule has 0 aliphatic heterocycles. The lowest BCUT2D eigenvalue weighted by Gasteiger charge is -2.41. The quantitative estimate of drug-likeness (QED) is 0.816. The van der Waals surface area contributed by atoms with Gasteiger partial charge in [-0.3, -0.25) is 0 Å². The Bertz CT molecular complexity index is 374. The van der Waals surface area contributed by atoms with E-state index >= 15 is 0 Å². The third-order valence-electron chi connectivity index (χ3n) is 3.34. The van der Waals surface area contributed by atoms with Crippen LogP contribution in [-0.2, 0) is 13.5 Å². The fourth-order valence-corrected chi connectivity index (χ4v) is 2.80. The molecule has 0 spiro atoms. The summed E-state index contributed by atoms with van der Waals surface area (Å²) in [6.45, 7) is 4.42. The minimum atomic E-state index is -0.648. The molecule has 0 bridgehead atoms. The summed E-state index contributed by atoms with van der Waals surface area (Å²) < 4.78 is 0. The Morgan fingerprint density at radius 1 is 1.38 bits per heavy atom. The number of aryl methyl sites for hydroxylation is 1. The molecule has 2 rings (SSSR count). The van der Waals surface area contributed by atoms with Crippen LogP contribution in [-0.4, -0.2) is 30.9 Å². The molecule has 0 saturated heterocycles. The van der Waals surface area contributed by atoms with Gasteiger partial charge in [-0.1, -0.05) is 20.3 Å². The van der Waals surface area contributed by atoms with Gasteiger partial charge in [-0.15, -0.1) is 10.2 Å². The topological polar surface area (TPSA) is 63.8 Å². The number of aliphatic hydroxyl groups is 1. The molecule has 1 aromatic rings. The Balaban J connectivity index is 2.07. The average Bonchev–Trinajstić information content (AvgIpc) is 2.47. The molecule has 16 heavy (non-hydrogen) atoms. The molecule has 5 heteroatoms. The Kier molecular flexibility index (Phi) is 2.74. The largest absolute Gasteiger partial charge is 0.389 e. The van der Waals surface area contributed by atoms with Crippen LogP contribution < -0.4 is 0 Å². The first-order valence-corrected chi connectivity index (χ1v) is 5.84. The lowest BCUT2D eigenvalue weighted by molar-refractivity contribution is -0.0395. The molecule has 1 aliphatic carbocycles. The van der Waals surface area contributed by atoms with Crippen molar-refractivity contribution in [1.82, 2.24) is 20.2 Å². The van der Waals surface area contributed by atoms with E-state index in [0.717, 1.165) is 19.3 Å². The van der Waals surface area contributed by atoms with Crippen molar-refractivity contribution in [2.45, 2.75) is 51.6 Å². The number of hydrogen-bond donors (Lipinski definition) is 1. The molecule has 0 aromatic carbocycles. The number of nitrogens with zero attached hydrogens (tertiary/aromatic N) is 4. The zero-order chi connectivity index (χ0) is 11.8. The lowest BCUT2D eigenvalue weighted by atomic mass is 9.68. The summed E-state index contributed by atoms with van der Waals surface area (Å²) in [5.74, 6) is 0.641. The fraction of sp³-hybridized carbons (Fsp3) is 0.909. The van der Waals surface area contributed by atoms with E-state index in [9.17, 15) is 5.11 Å². The predicted molar refractivity (Wildman–Crippen MR) is 59.7 cm³/mol. The van der Waals surface area contributed by atoms with Crippen LogP contribution in [0.15, 0.2) is 0 Å². The minimum absolute atomic E-state index is 0.217. The molecular weight excluding hydrogens is 204 g/mol. The molecule has 0 radical (unpaired) electrons. The van der Waals surface area contributed by atoms with E-state index < -0.39 is 5.60 Å². The van der Waals surface area contributed by atoms with Crippen molar-refractivity contribution in [3.63, 3.8) is 0 Å². The molecule has 1 saturated carbocycles. The van der Waals surface area contributed by atoms with Crippen molar-refractivity contribution in [1.29, 1.82) is 0 Å². The van der Waals surface area contributed by atoms with Crippen LogP contribution in [0.25, 0.3) is 0 Å². The van der Waals surface area contributed by atoms with Crippen LogP contribution in [0.1, 0.15) is 45.4 Å². The molecule has 1 fully saturated rings. The standard InChI is InChI=1S/C11H20N4O/c1-10(2)5-4-6-11(16,8-10)7-9-12-14-15(3)13-9/h16H,4-8H2,1-3H3. The molecular formula is C11H20N4O. The third-order valence-corrected chi connectivity index (χ3v) is 3.34. The van der Waals surface area contributed by atoms with Crippen molar-refractivity contribution in [2.24, 2.45) is 12.5 Å². The van der Waals surface area contributed by atoms with Crippen LogP contribution >= 0.6 is 0 Å².